The van der Waals surface area contributed by atoms with E-state index in [9.17, 15) is 5.11 Å². The first kappa shape index (κ1) is 19.2. The second-order valence-electron chi connectivity index (χ2n) is 11.5. The normalized spacial score (nSPS) is 52.3. The summed E-state index contributed by atoms with van der Waals surface area (Å²) in [5, 5.41) is 11.9. The highest BCUT2D eigenvalue weighted by Gasteiger charge is 2.72. The predicted molar refractivity (Wildman–Crippen MR) is 107 cm³/mol. The summed E-state index contributed by atoms with van der Waals surface area (Å²) >= 11 is 0. The van der Waals surface area contributed by atoms with Crippen molar-refractivity contribution in [3.8, 4) is 0 Å². The lowest BCUT2D eigenvalue weighted by Gasteiger charge is -2.65. The zero-order chi connectivity index (χ0) is 20.1. The van der Waals surface area contributed by atoms with Crippen LogP contribution in [0, 0.1) is 28.6 Å². The molecule has 0 aromatic carbocycles. The van der Waals surface area contributed by atoms with E-state index in [2.05, 4.69) is 26.8 Å². The Morgan fingerprint density at radius 2 is 1.59 bits per heavy atom. The van der Waals surface area contributed by atoms with E-state index >= 15 is 0 Å². The minimum absolute atomic E-state index is 0.165. The summed E-state index contributed by atoms with van der Waals surface area (Å²) in [7, 11) is 0. The lowest BCUT2D eigenvalue weighted by Crippen LogP contribution is -2.68. The molecule has 0 amide bonds. The molecule has 6 rings (SSSR count). The van der Waals surface area contributed by atoms with Crippen molar-refractivity contribution in [1.29, 1.82) is 0 Å². The van der Waals surface area contributed by atoms with Crippen LogP contribution in [0.1, 0.15) is 65.7 Å². The molecule has 2 spiro atoms. The fourth-order valence-electron chi connectivity index (χ4n) is 9.06. The molecule has 6 aliphatic rings. The largest absolute Gasteiger partial charge is 0.390 e. The lowest BCUT2D eigenvalue weighted by atomic mass is 9.43. The van der Waals surface area contributed by atoms with Gasteiger partial charge in [0.05, 0.1) is 32.0 Å². The molecule has 0 bridgehead atoms. The molecule has 2 aliphatic heterocycles. The van der Waals surface area contributed by atoms with Gasteiger partial charge in [0.15, 0.2) is 0 Å². The number of aliphatic hydroxyl groups is 1. The van der Waals surface area contributed by atoms with Gasteiger partial charge in [0.1, 0.15) is 0 Å². The van der Waals surface area contributed by atoms with Crippen LogP contribution in [0.3, 0.4) is 0 Å². The standard InChI is InChI=1S/C24H36O5/c1-20-8-4-5-18(20)17-7-6-16-13-23(26-9-10-27-23)24(28-11-12-29-24)15-21(16,2)19(17)22(3,25)14-20/h6,17-19,25H,4-5,7-15H2,1-3H3/t17-,18-,19-,20-,21-,22-/m0/s1. The first-order valence-electron chi connectivity index (χ1n) is 11.7. The van der Waals surface area contributed by atoms with Gasteiger partial charge in [0.2, 0.25) is 11.6 Å². The van der Waals surface area contributed by atoms with Gasteiger partial charge in [-0.2, -0.15) is 0 Å². The lowest BCUT2D eigenvalue weighted by molar-refractivity contribution is -0.371. The van der Waals surface area contributed by atoms with Crippen molar-refractivity contribution in [2.75, 3.05) is 26.4 Å². The van der Waals surface area contributed by atoms with E-state index < -0.39 is 17.2 Å². The van der Waals surface area contributed by atoms with Crippen molar-refractivity contribution in [1.82, 2.24) is 0 Å². The summed E-state index contributed by atoms with van der Waals surface area (Å²) in [6, 6.07) is 0. The maximum absolute atomic E-state index is 11.9. The molecule has 2 saturated heterocycles. The molecule has 5 fully saturated rings. The summed E-state index contributed by atoms with van der Waals surface area (Å²) < 4.78 is 25.0. The fraction of sp³-hybridized carbons (Fsp3) is 0.917. The monoisotopic (exact) mass is 404 g/mol. The van der Waals surface area contributed by atoms with Gasteiger partial charge in [0.25, 0.3) is 0 Å². The Labute approximate surface area is 174 Å². The van der Waals surface area contributed by atoms with Crippen LogP contribution < -0.4 is 0 Å². The highest BCUT2D eigenvalue weighted by Crippen LogP contribution is 2.70. The maximum atomic E-state index is 11.9. The molecule has 5 heteroatoms. The predicted octanol–water partition coefficient (Wildman–Crippen LogP) is 3.80. The highest BCUT2D eigenvalue weighted by molar-refractivity contribution is 5.31. The molecule has 0 aromatic rings. The van der Waals surface area contributed by atoms with Gasteiger partial charge in [-0.3, -0.25) is 0 Å². The zero-order valence-electron chi connectivity index (χ0n) is 18.2. The Bertz CT molecular complexity index is 732. The van der Waals surface area contributed by atoms with Crippen molar-refractivity contribution >= 4 is 0 Å². The third-order valence-electron chi connectivity index (χ3n) is 9.70. The Morgan fingerprint density at radius 3 is 2.28 bits per heavy atom. The van der Waals surface area contributed by atoms with Gasteiger partial charge in [-0.15, -0.1) is 0 Å². The van der Waals surface area contributed by atoms with E-state index in [4.69, 9.17) is 18.9 Å². The third kappa shape index (κ3) is 2.34. The molecule has 4 aliphatic carbocycles. The zero-order valence-corrected chi connectivity index (χ0v) is 18.2. The summed E-state index contributed by atoms with van der Waals surface area (Å²) in [4.78, 5) is 0. The van der Waals surface area contributed by atoms with Crippen molar-refractivity contribution in [2.45, 2.75) is 82.9 Å². The summed E-state index contributed by atoms with van der Waals surface area (Å²) in [6.07, 6.45) is 9.69. The van der Waals surface area contributed by atoms with Crippen LogP contribution in [0.5, 0.6) is 0 Å². The van der Waals surface area contributed by atoms with Crippen LogP contribution >= 0.6 is 0 Å². The summed E-state index contributed by atoms with van der Waals surface area (Å²) in [6.45, 7) is 9.22. The Morgan fingerprint density at radius 1 is 0.931 bits per heavy atom. The van der Waals surface area contributed by atoms with Crippen molar-refractivity contribution in [3.63, 3.8) is 0 Å². The first-order valence-corrected chi connectivity index (χ1v) is 11.7. The van der Waals surface area contributed by atoms with E-state index in [0.29, 0.717) is 51.1 Å². The molecule has 6 atom stereocenters. The van der Waals surface area contributed by atoms with E-state index in [-0.39, 0.29) is 16.7 Å². The minimum Gasteiger partial charge on any atom is -0.390 e. The molecule has 3 saturated carbocycles. The molecule has 2 heterocycles. The van der Waals surface area contributed by atoms with E-state index in [1.165, 1.54) is 24.8 Å². The first-order chi connectivity index (χ1) is 13.7. The molecule has 0 aromatic heterocycles. The molecule has 29 heavy (non-hydrogen) atoms. The van der Waals surface area contributed by atoms with Crippen molar-refractivity contribution in [2.24, 2.45) is 28.6 Å². The van der Waals surface area contributed by atoms with Crippen molar-refractivity contribution < 1.29 is 24.1 Å². The summed E-state index contributed by atoms with van der Waals surface area (Å²) in [5.74, 6) is -0.236. The molecule has 0 radical (unpaired) electrons. The molecule has 1 N–H and O–H groups in total. The van der Waals surface area contributed by atoms with E-state index in [1.807, 2.05) is 0 Å². The van der Waals surface area contributed by atoms with Gasteiger partial charge < -0.3 is 24.1 Å². The van der Waals surface area contributed by atoms with Gasteiger partial charge in [-0.05, 0) is 55.3 Å². The third-order valence-corrected chi connectivity index (χ3v) is 9.70. The molecular formula is C24H36O5. The second-order valence-corrected chi connectivity index (χ2v) is 11.5. The minimum atomic E-state index is -0.857. The molecule has 5 nitrogen and oxygen atoms in total. The van der Waals surface area contributed by atoms with E-state index in [0.717, 1.165) is 12.8 Å². The quantitative estimate of drug-likeness (QED) is 0.623. The van der Waals surface area contributed by atoms with Gasteiger partial charge in [0, 0.05) is 18.8 Å². The maximum Gasteiger partial charge on any atom is 0.227 e. The van der Waals surface area contributed by atoms with Gasteiger partial charge in [-0.25, -0.2) is 0 Å². The van der Waals surface area contributed by atoms with Crippen LogP contribution in [0.25, 0.3) is 0 Å². The Kier molecular flexibility index (Phi) is 3.89. The van der Waals surface area contributed by atoms with Gasteiger partial charge >= 0.3 is 0 Å². The average Bonchev–Trinajstić information content (AvgIpc) is 3.36. The molecular weight excluding hydrogens is 368 g/mol. The van der Waals surface area contributed by atoms with Gasteiger partial charge in [-0.1, -0.05) is 31.9 Å². The van der Waals surface area contributed by atoms with Crippen LogP contribution in [-0.2, 0) is 18.9 Å². The number of hydrogen-bond acceptors (Lipinski definition) is 5. The van der Waals surface area contributed by atoms with Crippen LogP contribution in [-0.4, -0.2) is 48.7 Å². The van der Waals surface area contributed by atoms with E-state index in [1.54, 1.807) is 0 Å². The topological polar surface area (TPSA) is 57.2 Å². The van der Waals surface area contributed by atoms with Crippen molar-refractivity contribution in [3.05, 3.63) is 11.6 Å². The summed E-state index contributed by atoms with van der Waals surface area (Å²) in [5.41, 5.74) is 0.808. The number of hydrogen-bond donors (Lipinski definition) is 1. The Balaban J connectivity index is 1.46. The van der Waals surface area contributed by atoms with Crippen LogP contribution in [0.4, 0.5) is 0 Å². The highest BCUT2D eigenvalue weighted by atomic mass is 16.8. The average molecular weight is 405 g/mol. The smallest absolute Gasteiger partial charge is 0.227 e. The van der Waals surface area contributed by atoms with Crippen LogP contribution in [0.2, 0.25) is 0 Å². The SMILES string of the molecule is C[C@@]12CCC[C@H]1[C@@H]1CC=C3CC4(OCCO4)C4(C[C@]3(C)[C@H]1[C@@](C)(O)C2)OCCO4. The molecule has 0 unspecified atom stereocenters. The number of allylic oxidation sites excluding steroid dienone is 1. The second kappa shape index (κ2) is 5.86. The number of fused-ring (bicyclic) bond motifs is 6. The number of ether oxygens (including phenoxy) is 4. The fourth-order valence-corrected chi connectivity index (χ4v) is 9.06. The Hall–Kier alpha value is -0.460. The molecule has 162 valence electrons. The van der Waals surface area contributed by atoms with Crippen LogP contribution in [0.15, 0.2) is 11.6 Å². The number of rotatable bonds is 0.